The van der Waals surface area contributed by atoms with Gasteiger partial charge in [-0.1, -0.05) is 31.7 Å². The van der Waals surface area contributed by atoms with E-state index in [0.717, 1.165) is 70.5 Å². The molecule has 15 nitrogen and oxygen atoms in total. The van der Waals surface area contributed by atoms with Crippen molar-refractivity contribution in [3.63, 3.8) is 0 Å². The highest BCUT2D eigenvalue weighted by atomic mass is 16.3. The molecule has 15 heteroatoms. The monoisotopic (exact) mass is 621 g/mol. The summed E-state index contributed by atoms with van der Waals surface area (Å²) >= 11 is 0. The number of phenols is 2. The minimum atomic E-state index is -1.12. The van der Waals surface area contributed by atoms with Gasteiger partial charge in [-0.15, -0.1) is 0 Å². The number of nitrogens with zero attached hydrogens (tertiary/aromatic N) is 1. The first-order chi connectivity index (χ1) is 21.0. The molecule has 248 valence electrons. The van der Waals surface area contributed by atoms with Crippen molar-refractivity contribution in [2.75, 3.05) is 32.7 Å². The van der Waals surface area contributed by atoms with E-state index in [-0.39, 0.29) is 41.8 Å². The highest BCUT2D eigenvalue weighted by molar-refractivity contribution is 5.92. The van der Waals surface area contributed by atoms with Crippen molar-refractivity contribution in [3.05, 3.63) is 23.8 Å². The zero-order valence-corrected chi connectivity index (χ0v) is 25.5. The second kappa shape index (κ2) is 22.4. The summed E-state index contributed by atoms with van der Waals surface area (Å²) in [6.07, 6.45) is 7.71. The van der Waals surface area contributed by atoms with Crippen LogP contribution < -0.4 is 44.2 Å². The second-order valence-corrected chi connectivity index (χ2v) is 10.6. The van der Waals surface area contributed by atoms with Crippen LogP contribution in [0.3, 0.4) is 0 Å². The summed E-state index contributed by atoms with van der Waals surface area (Å²) in [5.74, 6) is -2.41. The van der Waals surface area contributed by atoms with Crippen molar-refractivity contribution in [3.8, 4) is 11.5 Å². The lowest BCUT2D eigenvalue weighted by Gasteiger charge is -2.17. The molecular weight excluding hydrogens is 570 g/mol. The number of aliphatic imine (C=N–C) groups is 1. The molecule has 1 aromatic carbocycles. The van der Waals surface area contributed by atoms with E-state index < -0.39 is 29.8 Å². The summed E-state index contributed by atoms with van der Waals surface area (Å²) < 4.78 is 0. The number of hydrogen-bond acceptors (Lipinski definition) is 9. The summed E-state index contributed by atoms with van der Waals surface area (Å²) in [5.41, 5.74) is 21.8. The number of phenolic OH excluding ortho intramolecular Hbond substituents is 2. The SMILES string of the molecule is NC(=O)C[C@H](NC(=O)Cc1ccc(O)cc1O)C(=O)NCCCCNCCCCCCCCNC(=O)[C@@H](N)CCN=C(N)N. The number of carbonyl (C=O) groups excluding carboxylic acids is 4. The average Bonchev–Trinajstić information content (AvgIpc) is 2.95. The minimum absolute atomic E-state index is 0.0139. The Kier molecular flexibility index (Phi) is 19.3. The van der Waals surface area contributed by atoms with Gasteiger partial charge >= 0.3 is 0 Å². The number of benzene rings is 1. The lowest BCUT2D eigenvalue weighted by atomic mass is 10.1. The van der Waals surface area contributed by atoms with Crippen LogP contribution in [0.5, 0.6) is 11.5 Å². The molecule has 0 aliphatic heterocycles. The van der Waals surface area contributed by atoms with Crippen LogP contribution in [0.4, 0.5) is 0 Å². The van der Waals surface area contributed by atoms with Crippen LogP contribution in [-0.2, 0) is 25.6 Å². The van der Waals surface area contributed by atoms with Crippen LogP contribution in [0.15, 0.2) is 23.2 Å². The predicted molar refractivity (Wildman–Crippen MR) is 168 cm³/mol. The van der Waals surface area contributed by atoms with E-state index in [4.69, 9.17) is 22.9 Å². The van der Waals surface area contributed by atoms with E-state index in [1.54, 1.807) is 0 Å². The average molecular weight is 622 g/mol. The van der Waals surface area contributed by atoms with Gasteiger partial charge in [-0.05, 0) is 51.3 Å². The van der Waals surface area contributed by atoms with Crippen molar-refractivity contribution < 1.29 is 29.4 Å². The van der Waals surface area contributed by atoms with Gasteiger partial charge in [-0.25, -0.2) is 0 Å². The van der Waals surface area contributed by atoms with E-state index >= 15 is 0 Å². The lowest BCUT2D eigenvalue weighted by Crippen LogP contribution is -2.49. The third kappa shape index (κ3) is 18.4. The van der Waals surface area contributed by atoms with Gasteiger partial charge in [0.25, 0.3) is 0 Å². The molecule has 0 unspecified atom stereocenters. The quantitative estimate of drug-likeness (QED) is 0.0379. The van der Waals surface area contributed by atoms with Crippen molar-refractivity contribution in [1.82, 2.24) is 21.3 Å². The number of rotatable bonds is 24. The number of amides is 4. The van der Waals surface area contributed by atoms with Crippen molar-refractivity contribution in [2.24, 2.45) is 27.9 Å². The van der Waals surface area contributed by atoms with Gasteiger partial charge in [0.05, 0.1) is 18.9 Å². The molecule has 2 atom stereocenters. The molecule has 4 amide bonds. The Hall–Kier alpha value is -4.11. The summed E-state index contributed by atoms with van der Waals surface area (Å²) in [6.45, 7) is 3.02. The first kappa shape index (κ1) is 37.9. The van der Waals surface area contributed by atoms with Gasteiger partial charge < -0.3 is 54.4 Å². The number of unbranched alkanes of at least 4 members (excludes halogenated alkanes) is 6. The van der Waals surface area contributed by atoms with Gasteiger partial charge in [-0.2, -0.15) is 0 Å². The number of nitrogens with one attached hydrogen (secondary N) is 4. The molecule has 14 N–H and O–H groups in total. The highest BCUT2D eigenvalue weighted by Crippen LogP contribution is 2.22. The fraction of sp³-hybridized carbons (Fsp3) is 0.621. The van der Waals surface area contributed by atoms with E-state index in [2.05, 4.69) is 26.3 Å². The third-order valence-electron chi connectivity index (χ3n) is 6.71. The molecule has 0 saturated heterocycles. The highest BCUT2D eigenvalue weighted by Gasteiger charge is 2.23. The minimum Gasteiger partial charge on any atom is -0.508 e. The van der Waals surface area contributed by atoms with Gasteiger partial charge in [0.1, 0.15) is 17.5 Å². The van der Waals surface area contributed by atoms with E-state index in [9.17, 15) is 29.4 Å². The van der Waals surface area contributed by atoms with Crippen LogP contribution in [0.25, 0.3) is 0 Å². The van der Waals surface area contributed by atoms with Crippen LogP contribution in [0, 0.1) is 0 Å². The van der Waals surface area contributed by atoms with E-state index in [1.165, 1.54) is 12.1 Å². The van der Waals surface area contributed by atoms with Gasteiger partial charge in [0.2, 0.25) is 23.6 Å². The normalized spacial score (nSPS) is 12.1. The first-order valence-corrected chi connectivity index (χ1v) is 15.1. The predicted octanol–water partition coefficient (Wildman–Crippen LogP) is -1.07. The fourth-order valence-electron chi connectivity index (χ4n) is 4.25. The Morgan fingerprint density at radius 2 is 1.36 bits per heavy atom. The van der Waals surface area contributed by atoms with Crippen molar-refractivity contribution >= 4 is 29.6 Å². The number of guanidine groups is 1. The number of aromatic hydroxyl groups is 2. The maximum Gasteiger partial charge on any atom is 0.243 e. The Morgan fingerprint density at radius 1 is 0.795 bits per heavy atom. The first-order valence-electron chi connectivity index (χ1n) is 15.1. The summed E-state index contributed by atoms with van der Waals surface area (Å²) in [5, 5.41) is 30.7. The molecule has 0 heterocycles. The van der Waals surface area contributed by atoms with Gasteiger partial charge in [-0.3, -0.25) is 24.2 Å². The maximum atomic E-state index is 12.5. The molecule has 1 aromatic rings. The van der Waals surface area contributed by atoms with Crippen LogP contribution >= 0.6 is 0 Å². The molecule has 0 aliphatic carbocycles. The van der Waals surface area contributed by atoms with Gasteiger partial charge in [0, 0.05) is 31.3 Å². The van der Waals surface area contributed by atoms with Crippen LogP contribution in [0.2, 0.25) is 0 Å². The number of primary amides is 1. The Labute approximate surface area is 259 Å². The molecule has 0 bridgehead atoms. The van der Waals surface area contributed by atoms with Crippen molar-refractivity contribution in [2.45, 2.75) is 82.7 Å². The largest absolute Gasteiger partial charge is 0.508 e. The van der Waals surface area contributed by atoms with Gasteiger partial charge in [0.15, 0.2) is 5.96 Å². The van der Waals surface area contributed by atoms with Crippen LogP contribution in [-0.4, -0.2) is 84.6 Å². The number of carbonyl (C=O) groups is 4. The molecule has 0 spiro atoms. The molecule has 0 saturated carbocycles. The number of nitrogens with two attached hydrogens (primary N) is 4. The molecule has 0 fully saturated rings. The van der Waals surface area contributed by atoms with Crippen LogP contribution in [0.1, 0.15) is 69.8 Å². The lowest BCUT2D eigenvalue weighted by molar-refractivity contribution is -0.131. The van der Waals surface area contributed by atoms with Crippen molar-refractivity contribution in [1.29, 1.82) is 0 Å². The zero-order valence-electron chi connectivity index (χ0n) is 25.5. The topological polar surface area (TPSA) is 273 Å². The smallest absolute Gasteiger partial charge is 0.243 e. The molecule has 1 rings (SSSR count). The fourth-order valence-corrected chi connectivity index (χ4v) is 4.25. The molecule has 0 radical (unpaired) electrons. The summed E-state index contributed by atoms with van der Waals surface area (Å²) in [6, 6.07) is 2.10. The zero-order chi connectivity index (χ0) is 32.7. The Morgan fingerprint density at radius 3 is 1.98 bits per heavy atom. The summed E-state index contributed by atoms with van der Waals surface area (Å²) in [7, 11) is 0. The van der Waals surface area contributed by atoms with E-state index in [1.807, 2.05) is 0 Å². The second-order valence-electron chi connectivity index (χ2n) is 10.6. The third-order valence-corrected chi connectivity index (χ3v) is 6.71. The summed E-state index contributed by atoms with van der Waals surface area (Å²) in [4.78, 5) is 52.1. The standard InChI is InChI=1S/C29H51N9O6/c30-22(11-16-37-29(32)33)27(43)35-14-6-4-2-1-3-5-12-34-13-7-8-15-36-28(44)23(19-25(31)41)38-26(42)17-20-9-10-21(39)18-24(20)40/h9-10,18,22-23,34,39-40H,1-8,11-17,19,30H2,(H2,31,41)(H,35,43)(H,36,44)(H,38,42)(H4,32,33,37)/t22-,23-/m0/s1. The number of hydrogen-bond donors (Lipinski definition) is 10. The van der Waals surface area contributed by atoms with E-state index in [0.29, 0.717) is 26.1 Å². The Bertz CT molecular complexity index is 1070. The maximum absolute atomic E-state index is 12.5. The molecule has 0 aromatic heterocycles. The molecular formula is C29H51N9O6. The molecule has 0 aliphatic rings. The molecule has 44 heavy (non-hydrogen) atoms. The Balaban J connectivity index is 2.07.